The maximum Gasteiger partial charge on any atom is 0.305 e. The zero-order valence-corrected chi connectivity index (χ0v) is 58.1. The van der Waals surface area contributed by atoms with Crippen LogP contribution in [0, 0.1) is 0 Å². The van der Waals surface area contributed by atoms with Crippen LogP contribution in [0.4, 0.5) is 0 Å². The number of esters is 1. The molecule has 0 aromatic heterocycles. The quantitative estimate of drug-likeness (QED) is 0.0320. The van der Waals surface area contributed by atoms with Crippen LogP contribution in [0.1, 0.15) is 457 Å². The average molecular weight is 1200 g/mol. The topological polar surface area (TPSA) is 95.9 Å². The van der Waals surface area contributed by atoms with Crippen LogP contribution in [-0.2, 0) is 14.3 Å². The van der Waals surface area contributed by atoms with Crippen molar-refractivity contribution in [2.75, 3.05) is 13.2 Å². The fraction of sp³-hybridized carbons (Fsp3) is 0.949. The van der Waals surface area contributed by atoms with Gasteiger partial charge in [0.1, 0.15) is 0 Å². The molecular formula is C79H155NO5. The van der Waals surface area contributed by atoms with E-state index in [0.29, 0.717) is 25.9 Å². The smallest absolute Gasteiger partial charge is 0.305 e. The number of allylic oxidation sites excluding steroid dienone is 2. The molecule has 0 spiro atoms. The summed E-state index contributed by atoms with van der Waals surface area (Å²) in [5, 5.41) is 23.5. The summed E-state index contributed by atoms with van der Waals surface area (Å²) in [6.45, 7) is 5.00. The number of aliphatic hydroxyl groups is 2. The average Bonchev–Trinajstić information content (AvgIpc) is 3.51. The molecule has 0 aliphatic rings. The lowest BCUT2D eigenvalue weighted by Gasteiger charge is -2.22. The van der Waals surface area contributed by atoms with Gasteiger partial charge in [0.15, 0.2) is 0 Å². The molecule has 0 aliphatic carbocycles. The molecule has 0 radical (unpaired) electrons. The molecule has 85 heavy (non-hydrogen) atoms. The summed E-state index contributed by atoms with van der Waals surface area (Å²) >= 11 is 0. The number of hydrogen-bond donors (Lipinski definition) is 3. The minimum atomic E-state index is -0.664. The predicted molar refractivity (Wildman–Crippen MR) is 375 cm³/mol. The minimum absolute atomic E-state index is 0.0155. The highest BCUT2D eigenvalue weighted by Crippen LogP contribution is 2.20. The van der Waals surface area contributed by atoms with Gasteiger partial charge in [0.25, 0.3) is 0 Å². The van der Waals surface area contributed by atoms with E-state index in [2.05, 4.69) is 31.3 Å². The van der Waals surface area contributed by atoms with Crippen molar-refractivity contribution < 1.29 is 24.5 Å². The third-order valence-corrected chi connectivity index (χ3v) is 18.8. The molecule has 0 saturated carbocycles. The molecule has 0 saturated heterocycles. The molecule has 2 unspecified atom stereocenters. The monoisotopic (exact) mass is 1200 g/mol. The Hall–Kier alpha value is -1.40. The maximum atomic E-state index is 12.6. The van der Waals surface area contributed by atoms with E-state index in [1.54, 1.807) is 0 Å². The van der Waals surface area contributed by atoms with Crippen molar-refractivity contribution in [3.63, 3.8) is 0 Å². The molecule has 506 valence electrons. The van der Waals surface area contributed by atoms with Crippen molar-refractivity contribution in [2.24, 2.45) is 0 Å². The first kappa shape index (κ1) is 83.6. The summed E-state index contributed by atoms with van der Waals surface area (Å²) < 4.78 is 5.51. The SMILES string of the molecule is CCCCCCCC/C=C\CCCCCCCCCC(=O)OCCCCCCCCCCCCCCCCCCCCCCCCCCCCC(=O)NC(CO)C(O)CCCCCCCCCCCCCCCCCCCCCCCCCCC. The van der Waals surface area contributed by atoms with Gasteiger partial charge in [0.2, 0.25) is 5.91 Å². The Morgan fingerprint density at radius 2 is 0.553 bits per heavy atom. The van der Waals surface area contributed by atoms with Gasteiger partial charge in [0, 0.05) is 12.8 Å². The number of carbonyl (C=O) groups excluding carboxylic acids is 2. The van der Waals surface area contributed by atoms with Crippen molar-refractivity contribution in [1.29, 1.82) is 0 Å². The maximum absolute atomic E-state index is 12.6. The Labute approximate surface area is 533 Å². The number of unbranched alkanes of at least 4 members (excludes halogenated alkanes) is 62. The molecule has 0 bridgehead atoms. The van der Waals surface area contributed by atoms with E-state index in [1.165, 1.54) is 379 Å². The molecule has 6 nitrogen and oxygen atoms in total. The first-order chi connectivity index (χ1) is 42.0. The molecule has 0 heterocycles. The second-order valence-corrected chi connectivity index (χ2v) is 27.4. The summed E-state index contributed by atoms with van der Waals surface area (Å²) in [7, 11) is 0. The molecule has 2 atom stereocenters. The third-order valence-electron chi connectivity index (χ3n) is 18.8. The Balaban J connectivity index is 3.35. The Morgan fingerprint density at radius 1 is 0.318 bits per heavy atom. The molecule has 6 heteroatoms. The van der Waals surface area contributed by atoms with Gasteiger partial charge in [-0.05, 0) is 51.4 Å². The zero-order valence-electron chi connectivity index (χ0n) is 58.1. The fourth-order valence-electron chi connectivity index (χ4n) is 12.8. The van der Waals surface area contributed by atoms with Crippen LogP contribution in [0.15, 0.2) is 12.2 Å². The number of rotatable bonds is 75. The van der Waals surface area contributed by atoms with E-state index in [1.807, 2.05) is 0 Å². The number of hydrogen-bond acceptors (Lipinski definition) is 5. The molecule has 3 N–H and O–H groups in total. The predicted octanol–water partition coefficient (Wildman–Crippen LogP) is 25.9. The summed E-state index contributed by atoms with van der Waals surface area (Å²) in [4.78, 5) is 24.7. The van der Waals surface area contributed by atoms with Gasteiger partial charge in [-0.2, -0.15) is 0 Å². The summed E-state index contributed by atoms with van der Waals surface area (Å²) in [6, 6.07) is -0.541. The van der Waals surface area contributed by atoms with Crippen molar-refractivity contribution in [1.82, 2.24) is 5.32 Å². The first-order valence-electron chi connectivity index (χ1n) is 39.4. The number of amides is 1. The van der Waals surface area contributed by atoms with Crippen molar-refractivity contribution in [3.05, 3.63) is 12.2 Å². The van der Waals surface area contributed by atoms with Crippen molar-refractivity contribution >= 4 is 11.9 Å². The van der Waals surface area contributed by atoms with E-state index >= 15 is 0 Å². The van der Waals surface area contributed by atoms with Crippen molar-refractivity contribution in [2.45, 2.75) is 469 Å². The fourth-order valence-corrected chi connectivity index (χ4v) is 12.8. The number of aliphatic hydroxyl groups excluding tert-OH is 2. The van der Waals surface area contributed by atoms with Crippen LogP contribution in [-0.4, -0.2) is 47.4 Å². The lowest BCUT2D eigenvalue weighted by atomic mass is 10.0. The normalized spacial score (nSPS) is 12.5. The van der Waals surface area contributed by atoms with E-state index < -0.39 is 12.1 Å². The van der Waals surface area contributed by atoms with E-state index in [4.69, 9.17) is 4.74 Å². The summed E-state index contributed by atoms with van der Waals surface area (Å²) in [6.07, 6.45) is 94.4. The largest absolute Gasteiger partial charge is 0.466 e. The lowest BCUT2D eigenvalue weighted by molar-refractivity contribution is -0.143. The second-order valence-electron chi connectivity index (χ2n) is 27.4. The molecular weight excluding hydrogens is 1040 g/mol. The zero-order chi connectivity index (χ0) is 61.3. The van der Waals surface area contributed by atoms with Crippen LogP contribution < -0.4 is 5.32 Å². The van der Waals surface area contributed by atoms with Gasteiger partial charge in [-0.25, -0.2) is 0 Å². The highest BCUT2D eigenvalue weighted by atomic mass is 16.5. The van der Waals surface area contributed by atoms with E-state index in [-0.39, 0.29) is 18.5 Å². The summed E-state index contributed by atoms with van der Waals surface area (Å²) in [5.74, 6) is -0.0110. The Kier molecular flexibility index (Phi) is 73.8. The Bertz CT molecular complexity index is 1290. The molecule has 0 aliphatic heterocycles. The van der Waals surface area contributed by atoms with Crippen LogP contribution >= 0.6 is 0 Å². The Morgan fingerprint density at radius 3 is 0.835 bits per heavy atom. The number of carbonyl (C=O) groups is 2. The van der Waals surface area contributed by atoms with Gasteiger partial charge in [-0.15, -0.1) is 0 Å². The molecule has 1 amide bonds. The first-order valence-corrected chi connectivity index (χ1v) is 39.4. The standard InChI is InChI=1S/C79H155NO5/c1-3-5-7-9-11-13-15-17-19-21-22-23-24-27-30-33-36-40-43-47-51-55-59-63-67-71-77(82)76(75-81)80-78(83)72-68-64-60-56-52-48-44-41-37-34-31-28-25-26-29-32-35-38-42-46-50-54-58-62-66-70-74-85-79(84)73-69-65-61-57-53-49-45-39-20-18-16-14-12-10-8-6-4-2/h18,20,76-77,81-82H,3-17,19,21-75H2,1-2H3,(H,80,83)/b20-18-. The van der Waals surface area contributed by atoms with Gasteiger partial charge >= 0.3 is 5.97 Å². The second kappa shape index (κ2) is 75.1. The molecule has 0 fully saturated rings. The van der Waals surface area contributed by atoms with Gasteiger partial charge in [-0.1, -0.05) is 405 Å². The lowest BCUT2D eigenvalue weighted by Crippen LogP contribution is -2.45. The number of nitrogens with one attached hydrogen (secondary N) is 1. The van der Waals surface area contributed by atoms with E-state index in [0.717, 1.165) is 44.9 Å². The molecule has 0 aromatic carbocycles. The molecule has 0 rings (SSSR count). The molecule has 0 aromatic rings. The van der Waals surface area contributed by atoms with Gasteiger partial charge < -0.3 is 20.3 Å². The van der Waals surface area contributed by atoms with Crippen LogP contribution in [0.5, 0.6) is 0 Å². The van der Waals surface area contributed by atoms with Gasteiger partial charge in [0.05, 0.1) is 25.4 Å². The van der Waals surface area contributed by atoms with Crippen LogP contribution in [0.2, 0.25) is 0 Å². The number of ether oxygens (including phenoxy) is 1. The van der Waals surface area contributed by atoms with Gasteiger partial charge in [-0.3, -0.25) is 9.59 Å². The third kappa shape index (κ3) is 71.6. The van der Waals surface area contributed by atoms with E-state index in [9.17, 15) is 19.8 Å². The van der Waals surface area contributed by atoms with Crippen LogP contribution in [0.25, 0.3) is 0 Å². The summed E-state index contributed by atoms with van der Waals surface area (Å²) in [5.41, 5.74) is 0. The van der Waals surface area contributed by atoms with Crippen molar-refractivity contribution in [3.8, 4) is 0 Å². The highest BCUT2D eigenvalue weighted by molar-refractivity contribution is 5.76. The minimum Gasteiger partial charge on any atom is -0.466 e. The van der Waals surface area contributed by atoms with Crippen LogP contribution in [0.3, 0.4) is 0 Å². The highest BCUT2D eigenvalue weighted by Gasteiger charge is 2.20.